The molecule has 0 saturated carbocycles. The van der Waals surface area contributed by atoms with Gasteiger partial charge in [-0.1, -0.05) is 0 Å². The predicted molar refractivity (Wildman–Crippen MR) is 57.8 cm³/mol. The first-order valence-corrected chi connectivity index (χ1v) is 4.86. The lowest BCUT2D eigenvalue weighted by Crippen LogP contribution is -2.31. The summed E-state index contributed by atoms with van der Waals surface area (Å²) in [5.41, 5.74) is 6.45. The van der Waals surface area contributed by atoms with E-state index in [0.717, 1.165) is 0 Å². The topological polar surface area (TPSA) is 127 Å². The number of aliphatic hydroxyl groups is 2. The number of fused-ring (bicyclic) bond motifs is 1. The number of anilines is 1. The normalized spacial score (nSPS) is 14.7. The Hall–Kier alpha value is -2.06. The monoisotopic (exact) mass is 237 g/mol. The highest BCUT2D eigenvalue weighted by Gasteiger charge is 2.17. The second-order valence-corrected chi connectivity index (χ2v) is 3.52. The Bertz CT molecular complexity index is 540. The number of carbonyl (C=O) groups excluding carboxylic acids is 1. The molecule has 0 spiro atoms. The van der Waals surface area contributed by atoms with Gasteiger partial charge in [-0.2, -0.15) is 0 Å². The van der Waals surface area contributed by atoms with Gasteiger partial charge in [-0.05, 0) is 0 Å². The molecule has 90 valence electrons. The summed E-state index contributed by atoms with van der Waals surface area (Å²) < 4.78 is 1.49. The Morgan fingerprint density at radius 2 is 2.18 bits per heavy atom. The molecule has 0 amide bonds. The van der Waals surface area contributed by atoms with E-state index >= 15 is 0 Å². The van der Waals surface area contributed by atoms with E-state index < -0.39 is 12.2 Å². The van der Waals surface area contributed by atoms with Crippen molar-refractivity contribution in [3.63, 3.8) is 0 Å². The van der Waals surface area contributed by atoms with Crippen LogP contribution in [0.4, 0.5) is 5.82 Å². The maximum Gasteiger partial charge on any atom is 0.165 e. The van der Waals surface area contributed by atoms with Crippen LogP contribution in [0.15, 0.2) is 12.7 Å². The van der Waals surface area contributed by atoms with Crippen molar-refractivity contribution in [2.45, 2.75) is 18.8 Å². The van der Waals surface area contributed by atoms with Gasteiger partial charge in [0, 0.05) is 0 Å². The maximum atomic E-state index is 10.3. The zero-order valence-electron chi connectivity index (χ0n) is 8.76. The second-order valence-electron chi connectivity index (χ2n) is 3.52. The lowest BCUT2D eigenvalue weighted by Gasteiger charge is -2.13. The van der Waals surface area contributed by atoms with Crippen molar-refractivity contribution >= 4 is 23.3 Å². The molecule has 0 aromatic carbocycles. The van der Waals surface area contributed by atoms with Crippen LogP contribution < -0.4 is 5.73 Å². The molecular weight excluding hydrogens is 226 g/mol. The number of nitrogen functional groups attached to an aromatic ring is 1. The number of carbonyl (C=O) groups is 1. The molecular formula is C9H11N5O3. The van der Waals surface area contributed by atoms with Crippen molar-refractivity contribution in [1.29, 1.82) is 0 Å². The molecule has 0 aliphatic carbocycles. The van der Waals surface area contributed by atoms with Crippen molar-refractivity contribution in [3.8, 4) is 0 Å². The molecule has 0 bridgehead atoms. The zero-order valence-corrected chi connectivity index (χ0v) is 8.76. The smallest absolute Gasteiger partial charge is 0.165 e. The van der Waals surface area contributed by atoms with Crippen LogP contribution in [0, 0.1) is 0 Å². The molecule has 0 aliphatic heterocycles. The van der Waals surface area contributed by atoms with E-state index in [9.17, 15) is 9.90 Å². The fraction of sp³-hybridized carbons (Fsp3) is 0.333. The first-order chi connectivity index (χ1) is 8.13. The molecule has 0 unspecified atom stereocenters. The molecule has 2 atom stereocenters. The molecule has 17 heavy (non-hydrogen) atoms. The number of hydrogen-bond donors (Lipinski definition) is 3. The third-order valence-corrected chi connectivity index (χ3v) is 2.35. The summed E-state index contributed by atoms with van der Waals surface area (Å²) in [4.78, 5) is 22.0. The number of aliphatic hydroxyl groups excluding tert-OH is 2. The average Bonchev–Trinajstić information content (AvgIpc) is 2.73. The van der Waals surface area contributed by atoms with Crippen LogP contribution in [0.25, 0.3) is 11.2 Å². The van der Waals surface area contributed by atoms with Gasteiger partial charge in [0.2, 0.25) is 0 Å². The Kier molecular flexibility index (Phi) is 2.98. The Labute approximate surface area is 95.7 Å². The van der Waals surface area contributed by atoms with Crippen LogP contribution >= 0.6 is 0 Å². The highest BCUT2D eigenvalue weighted by atomic mass is 16.3. The zero-order chi connectivity index (χ0) is 12.4. The molecule has 0 fully saturated rings. The van der Waals surface area contributed by atoms with Gasteiger partial charge in [0.1, 0.15) is 24.1 Å². The first-order valence-electron chi connectivity index (χ1n) is 4.86. The van der Waals surface area contributed by atoms with E-state index in [0.29, 0.717) is 11.2 Å². The summed E-state index contributed by atoms with van der Waals surface area (Å²) in [5.74, 6) is 0.235. The van der Waals surface area contributed by atoms with E-state index in [4.69, 9.17) is 10.8 Å². The van der Waals surface area contributed by atoms with Crippen LogP contribution in [0.5, 0.6) is 0 Å². The fourth-order valence-electron chi connectivity index (χ4n) is 1.43. The first kappa shape index (κ1) is 11.4. The van der Waals surface area contributed by atoms with Gasteiger partial charge in [0.25, 0.3) is 0 Å². The van der Waals surface area contributed by atoms with Gasteiger partial charge >= 0.3 is 0 Å². The lowest BCUT2D eigenvalue weighted by molar-refractivity contribution is -0.120. The highest BCUT2D eigenvalue weighted by Crippen LogP contribution is 2.14. The summed E-state index contributed by atoms with van der Waals surface area (Å²) in [6.07, 6.45) is 0.301. The highest BCUT2D eigenvalue weighted by molar-refractivity contribution is 5.81. The van der Waals surface area contributed by atoms with Crippen molar-refractivity contribution in [2.24, 2.45) is 0 Å². The van der Waals surface area contributed by atoms with Crippen LogP contribution in [0.3, 0.4) is 0 Å². The predicted octanol–water partition coefficient (Wildman–Crippen LogP) is -1.67. The van der Waals surface area contributed by atoms with Gasteiger partial charge in [0.05, 0.1) is 12.9 Å². The third-order valence-electron chi connectivity index (χ3n) is 2.35. The summed E-state index contributed by atoms with van der Waals surface area (Å²) in [6.45, 7) is -0.00708. The van der Waals surface area contributed by atoms with Crippen molar-refractivity contribution in [3.05, 3.63) is 12.7 Å². The van der Waals surface area contributed by atoms with E-state index in [1.807, 2.05) is 0 Å². The van der Waals surface area contributed by atoms with Crippen molar-refractivity contribution in [1.82, 2.24) is 19.5 Å². The van der Waals surface area contributed by atoms with Gasteiger partial charge in [0.15, 0.2) is 17.8 Å². The number of rotatable bonds is 4. The van der Waals surface area contributed by atoms with E-state index in [2.05, 4.69) is 15.0 Å². The van der Waals surface area contributed by atoms with Crippen LogP contribution in [0.1, 0.15) is 0 Å². The summed E-state index contributed by atoms with van der Waals surface area (Å²) in [7, 11) is 0. The average molecular weight is 237 g/mol. The third kappa shape index (κ3) is 2.08. The second kappa shape index (κ2) is 4.44. The molecule has 4 N–H and O–H groups in total. The Morgan fingerprint density at radius 1 is 1.41 bits per heavy atom. The molecule has 0 saturated heterocycles. The maximum absolute atomic E-state index is 10.3. The molecule has 2 heterocycles. The Morgan fingerprint density at radius 3 is 2.88 bits per heavy atom. The number of hydrogen-bond acceptors (Lipinski definition) is 7. The van der Waals surface area contributed by atoms with E-state index in [1.165, 1.54) is 17.2 Å². The molecule has 0 radical (unpaired) electrons. The number of nitrogens with zero attached hydrogens (tertiary/aromatic N) is 4. The molecule has 8 heteroatoms. The molecule has 0 aliphatic rings. The molecule has 8 nitrogen and oxygen atoms in total. The van der Waals surface area contributed by atoms with Crippen LogP contribution in [-0.2, 0) is 11.3 Å². The Balaban J connectivity index is 2.31. The number of aromatic nitrogens is 4. The van der Waals surface area contributed by atoms with Gasteiger partial charge in [-0.25, -0.2) is 15.0 Å². The largest absolute Gasteiger partial charge is 0.388 e. The number of nitrogens with two attached hydrogens (primary N) is 1. The minimum Gasteiger partial charge on any atom is -0.388 e. The minimum absolute atomic E-state index is 0.00708. The molecule has 2 aromatic heterocycles. The fourth-order valence-corrected chi connectivity index (χ4v) is 1.43. The lowest BCUT2D eigenvalue weighted by atomic mass is 10.2. The van der Waals surface area contributed by atoms with Gasteiger partial charge < -0.3 is 25.3 Å². The minimum atomic E-state index is -1.44. The summed E-state index contributed by atoms with van der Waals surface area (Å²) >= 11 is 0. The summed E-state index contributed by atoms with van der Waals surface area (Å²) in [6, 6.07) is 0. The molecule has 2 aromatic rings. The standard InChI is InChI=1S/C9H11N5O3/c10-8-7-9(12-3-11-8)14(4-13-7)1-5(16)6(17)2-15/h2-6,16-17H,1H2,(H2,10,11,12)/t5-,6+/m0/s1. The number of aldehydes is 1. The quantitative estimate of drug-likeness (QED) is 0.542. The van der Waals surface area contributed by atoms with Gasteiger partial charge in [-0.15, -0.1) is 0 Å². The van der Waals surface area contributed by atoms with E-state index in [-0.39, 0.29) is 18.6 Å². The SMILES string of the molecule is Nc1ncnc2c1ncn2C[C@H](O)[C@H](O)C=O. The summed E-state index contributed by atoms with van der Waals surface area (Å²) in [5, 5.41) is 18.7. The van der Waals surface area contributed by atoms with Crippen LogP contribution in [0.2, 0.25) is 0 Å². The molecule has 2 rings (SSSR count). The number of imidazole rings is 1. The van der Waals surface area contributed by atoms with E-state index in [1.54, 1.807) is 0 Å². The van der Waals surface area contributed by atoms with Crippen molar-refractivity contribution < 1.29 is 15.0 Å². The van der Waals surface area contributed by atoms with Crippen molar-refractivity contribution in [2.75, 3.05) is 5.73 Å². The van der Waals surface area contributed by atoms with Gasteiger partial charge in [-0.3, -0.25) is 0 Å². The van der Waals surface area contributed by atoms with Crippen LogP contribution in [-0.4, -0.2) is 48.2 Å².